The number of carbonyl (C=O) groups is 1. The fraction of sp³-hybridized carbons (Fsp3) is 0.333. The van der Waals surface area contributed by atoms with Gasteiger partial charge in [0.05, 0.1) is 17.4 Å². The summed E-state index contributed by atoms with van der Waals surface area (Å²) in [4.78, 5) is 11.3. The zero-order valence-electron chi connectivity index (χ0n) is 11.9. The summed E-state index contributed by atoms with van der Waals surface area (Å²) in [6, 6.07) is 6.66. The van der Waals surface area contributed by atoms with E-state index in [2.05, 4.69) is 5.10 Å². The third-order valence-corrected chi connectivity index (χ3v) is 3.22. The normalized spacial score (nSPS) is 12.0. The molecule has 0 atom stereocenters. The standard InChI is InChI=1S/C15H15F3N2O/c1-9(2)11-4-6-12(7-5-11)20-14(15(16,17)18)13(8-19-20)10(3)21/h4-9H,1-3H3. The molecule has 0 fully saturated rings. The van der Waals surface area contributed by atoms with Crippen LogP contribution in [0.25, 0.3) is 5.69 Å². The predicted octanol–water partition coefficient (Wildman–Crippen LogP) is 4.22. The molecule has 0 amide bonds. The number of hydrogen-bond acceptors (Lipinski definition) is 2. The van der Waals surface area contributed by atoms with Crippen molar-refractivity contribution in [1.29, 1.82) is 0 Å². The molecule has 0 saturated heterocycles. The van der Waals surface area contributed by atoms with Crippen LogP contribution in [-0.2, 0) is 6.18 Å². The minimum atomic E-state index is -4.64. The first-order valence-electron chi connectivity index (χ1n) is 6.48. The van der Waals surface area contributed by atoms with E-state index >= 15 is 0 Å². The van der Waals surface area contributed by atoms with Gasteiger partial charge in [-0.15, -0.1) is 0 Å². The molecular weight excluding hydrogens is 281 g/mol. The Hall–Kier alpha value is -2.11. The number of hydrogen-bond donors (Lipinski definition) is 0. The lowest BCUT2D eigenvalue weighted by Crippen LogP contribution is -2.16. The smallest absolute Gasteiger partial charge is 0.294 e. The van der Waals surface area contributed by atoms with Crippen LogP contribution in [0.3, 0.4) is 0 Å². The van der Waals surface area contributed by atoms with E-state index in [0.717, 1.165) is 23.4 Å². The van der Waals surface area contributed by atoms with Crippen LogP contribution in [0.2, 0.25) is 0 Å². The first-order chi connectivity index (χ1) is 9.71. The van der Waals surface area contributed by atoms with Crippen LogP contribution in [0.5, 0.6) is 0 Å². The molecule has 0 unspecified atom stereocenters. The van der Waals surface area contributed by atoms with Gasteiger partial charge in [0.1, 0.15) is 0 Å². The third kappa shape index (κ3) is 2.99. The van der Waals surface area contributed by atoms with E-state index in [4.69, 9.17) is 0 Å². The summed E-state index contributed by atoms with van der Waals surface area (Å²) in [5, 5.41) is 3.72. The second-order valence-corrected chi connectivity index (χ2v) is 5.12. The molecule has 6 heteroatoms. The zero-order valence-corrected chi connectivity index (χ0v) is 11.9. The van der Waals surface area contributed by atoms with Gasteiger partial charge in [0.25, 0.3) is 0 Å². The Labute approximate surface area is 120 Å². The minimum absolute atomic E-state index is 0.277. The molecule has 2 aromatic rings. The summed E-state index contributed by atoms with van der Waals surface area (Å²) in [6.07, 6.45) is -3.68. The highest BCUT2D eigenvalue weighted by molar-refractivity contribution is 5.95. The van der Waals surface area contributed by atoms with Crippen LogP contribution in [0.15, 0.2) is 30.5 Å². The number of nitrogens with zero attached hydrogens (tertiary/aromatic N) is 2. The topological polar surface area (TPSA) is 34.9 Å². The van der Waals surface area contributed by atoms with Gasteiger partial charge in [-0.2, -0.15) is 18.3 Å². The quantitative estimate of drug-likeness (QED) is 0.795. The van der Waals surface area contributed by atoms with Crippen LogP contribution in [0.1, 0.15) is 48.3 Å². The van der Waals surface area contributed by atoms with Crippen LogP contribution < -0.4 is 0 Å². The van der Waals surface area contributed by atoms with Crippen LogP contribution in [0.4, 0.5) is 13.2 Å². The van der Waals surface area contributed by atoms with Crippen molar-refractivity contribution in [2.75, 3.05) is 0 Å². The molecule has 0 aliphatic heterocycles. The number of aromatic nitrogens is 2. The average molecular weight is 296 g/mol. The van der Waals surface area contributed by atoms with Crippen LogP contribution in [-0.4, -0.2) is 15.6 Å². The lowest BCUT2D eigenvalue weighted by atomic mass is 10.0. The van der Waals surface area contributed by atoms with Gasteiger partial charge < -0.3 is 0 Å². The molecule has 0 spiro atoms. The van der Waals surface area contributed by atoms with Crippen molar-refractivity contribution < 1.29 is 18.0 Å². The Kier molecular flexibility index (Phi) is 3.89. The van der Waals surface area contributed by atoms with Crippen molar-refractivity contribution in [3.05, 3.63) is 47.3 Å². The number of halogens is 3. The molecule has 0 radical (unpaired) electrons. The molecule has 0 bridgehead atoms. The fourth-order valence-electron chi connectivity index (χ4n) is 2.08. The highest BCUT2D eigenvalue weighted by Gasteiger charge is 2.39. The van der Waals surface area contributed by atoms with Gasteiger partial charge >= 0.3 is 6.18 Å². The highest BCUT2D eigenvalue weighted by atomic mass is 19.4. The highest BCUT2D eigenvalue weighted by Crippen LogP contribution is 2.34. The molecule has 3 nitrogen and oxygen atoms in total. The Morgan fingerprint density at radius 1 is 1.19 bits per heavy atom. The maximum Gasteiger partial charge on any atom is 0.434 e. The molecule has 0 aliphatic carbocycles. The molecule has 0 N–H and O–H groups in total. The Morgan fingerprint density at radius 2 is 1.76 bits per heavy atom. The van der Waals surface area contributed by atoms with E-state index in [1.165, 1.54) is 0 Å². The van der Waals surface area contributed by atoms with Gasteiger partial charge in [-0.3, -0.25) is 4.79 Å². The van der Waals surface area contributed by atoms with E-state index in [0.29, 0.717) is 0 Å². The van der Waals surface area contributed by atoms with Gasteiger partial charge in [-0.05, 0) is 30.5 Å². The van der Waals surface area contributed by atoms with Gasteiger partial charge in [0.15, 0.2) is 11.5 Å². The van der Waals surface area contributed by atoms with Crippen LogP contribution >= 0.6 is 0 Å². The Morgan fingerprint density at radius 3 is 2.19 bits per heavy atom. The number of ketones is 1. The van der Waals surface area contributed by atoms with E-state index in [-0.39, 0.29) is 11.6 Å². The maximum absolute atomic E-state index is 13.2. The van der Waals surface area contributed by atoms with Crippen molar-refractivity contribution in [2.45, 2.75) is 32.9 Å². The van der Waals surface area contributed by atoms with Crippen molar-refractivity contribution in [1.82, 2.24) is 9.78 Å². The largest absolute Gasteiger partial charge is 0.434 e. The number of Topliss-reactive ketones (excluding diaryl/α,β-unsaturated/α-hetero) is 1. The molecule has 1 aromatic heterocycles. The van der Waals surface area contributed by atoms with E-state index in [1.807, 2.05) is 13.8 Å². The van der Waals surface area contributed by atoms with Gasteiger partial charge in [0.2, 0.25) is 0 Å². The van der Waals surface area contributed by atoms with Gasteiger partial charge in [0, 0.05) is 0 Å². The maximum atomic E-state index is 13.2. The average Bonchev–Trinajstić information content (AvgIpc) is 2.83. The van der Waals surface area contributed by atoms with Crippen molar-refractivity contribution >= 4 is 5.78 Å². The SMILES string of the molecule is CC(=O)c1cnn(-c2ccc(C(C)C)cc2)c1C(F)(F)F. The molecule has 21 heavy (non-hydrogen) atoms. The summed E-state index contributed by atoms with van der Waals surface area (Å²) in [5.41, 5.74) is -0.159. The third-order valence-electron chi connectivity index (χ3n) is 3.22. The minimum Gasteiger partial charge on any atom is -0.294 e. The molecule has 1 aromatic carbocycles. The van der Waals surface area contributed by atoms with Crippen LogP contribution in [0, 0.1) is 0 Å². The molecule has 1 heterocycles. The summed E-state index contributed by atoms with van der Waals surface area (Å²) >= 11 is 0. The number of benzene rings is 1. The molecule has 2 rings (SSSR count). The van der Waals surface area contributed by atoms with Gasteiger partial charge in [-0.25, -0.2) is 4.68 Å². The van der Waals surface area contributed by atoms with Gasteiger partial charge in [-0.1, -0.05) is 26.0 Å². The number of alkyl halides is 3. The molecular formula is C15H15F3N2O. The zero-order chi connectivity index (χ0) is 15.8. The van der Waals surface area contributed by atoms with Crippen molar-refractivity contribution in [3.63, 3.8) is 0 Å². The lowest BCUT2D eigenvalue weighted by Gasteiger charge is -2.13. The van der Waals surface area contributed by atoms with Crippen molar-refractivity contribution in [3.8, 4) is 5.69 Å². The Bertz CT molecular complexity index is 655. The van der Waals surface area contributed by atoms with E-state index in [1.54, 1.807) is 24.3 Å². The Balaban J connectivity index is 2.56. The monoisotopic (exact) mass is 296 g/mol. The van der Waals surface area contributed by atoms with E-state index in [9.17, 15) is 18.0 Å². The molecule has 0 saturated carbocycles. The van der Waals surface area contributed by atoms with Crippen molar-refractivity contribution in [2.24, 2.45) is 0 Å². The molecule has 112 valence electrons. The summed E-state index contributed by atoms with van der Waals surface area (Å²) in [5.74, 6) is -0.376. The second kappa shape index (κ2) is 5.35. The van der Waals surface area contributed by atoms with E-state index < -0.39 is 23.2 Å². The summed E-state index contributed by atoms with van der Waals surface area (Å²) in [6.45, 7) is 5.09. The predicted molar refractivity (Wildman–Crippen MR) is 72.7 cm³/mol. The lowest BCUT2D eigenvalue weighted by molar-refractivity contribution is -0.143. The number of carbonyl (C=O) groups excluding carboxylic acids is 1. The second-order valence-electron chi connectivity index (χ2n) is 5.12. The molecule has 0 aliphatic rings. The first-order valence-corrected chi connectivity index (χ1v) is 6.48. The fourth-order valence-corrected chi connectivity index (χ4v) is 2.08. The summed E-state index contributed by atoms with van der Waals surface area (Å²) < 4.78 is 40.3. The number of rotatable bonds is 3. The first kappa shape index (κ1) is 15.3. The summed E-state index contributed by atoms with van der Waals surface area (Å²) in [7, 11) is 0.